The molecule has 0 bridgehead atoms. The van der Waals surface area contributed by atoms with Crippen molar-refractivity contribution >= 4 is 21.9 Å². The lowest BCUT2D eigenvalue weighted by Crippen LogP contribution is -2.21. The van der Waals surface area contributed by atoms with Gasteiger partial charge in [-0.3, -0.25) is 4.79 Å². The molecule has 0 aliphatic rings. The van der Waals surface area contributed by atoms with Gasteiger partial charge in [0.1, 0.15) is 4.83 Å². The molecule has 0 aliphatic heterocycles. The van der Waals surface area contributed by atoms with Gasteiger partial charge in [-0.2, -0.15) is 0 Å². The molecular formula is C11H13BrO2. The maximum Gasteiger partial charge on any atom is 0.320 e. The standard InChI is InChI=1S/C11H13BrO2/c1-8(10(12)11(13)14-2)9-6-4-3-5-7-9/h3-8,10H,1-2H3. The first-order chi connectivity index (χ1) is 6.66. The molecule has 2 nitrogen and oxygen atoms in total. The van der Waals surface area contributed by atoms with Crippen LogP contribution in [0.15, 0.2) is 30.3 Å². The number of hydrogen-bond acceptors (Lipinski definition) is 2. The third kappa shape index (κ3) is 2.58. The Hall–Kier alpha value is -0.830. The second-order valence-corrected chi connectivity index (χ2v) is 4.11. The molecule has 2 unspecified atom stereocenters. The summed E-state index contributed by atoms with van der Waals surface area (Å²) in [6, 6.07) is 9.88. The molecule has 0 fully saturated rings. The van der Waals surface area contributed by atoms with Crippen LogP contribution in [-0.4, -0.2) is 17.9 Å². The third-order valence-corrected chi connectivity index (χ3v) is 3.36. The molecule has 0 aromatic heterocycles. The summed E-state index contributed by atoms with van der Waals surface area (Å²) in [6.45, 7) is 1.99. The van der Waals surface area contributed by atoms with E-state index in [9.17, 15) is 4.79 Å². The highest BCUT2D eigenvalue weighted by Crippen LogP contribution is 2.25. The summed E-state index contributed by atoms with van der Waals surface area (Å²) in [5.74, 6) is -0.120. The van der Waals surface area contributed by atoms with Crippen molar-refractivity contribution in [3.8, 4) is 0 Å². The zero-order valence-corrected chi connectivity index (χ0v) is 9.82. The Morgan fingerprint density at radius 3 is 2.43 bits per heavy atom. The van der Waals surface area contributed by atoms with Crippen LogP contribution in [0.4, 0.5) is 0 Å². The quantitative estimate of drug-likeness (QED) is 0.614. The molecule has 0 radical (unpaired) electrons. The molecule has 0 heterocycles. The van der Waals surface area contributed by atoms with Gasteiger partial charge in [0, 0.05) is 5.92 Å². The van der Waals surface area contributed by atoms with Crippen molar-refractivity contribution in [1.29, 1.82) is 0 Å². The summed E-state index contributed by atoms with van der Waals surface area (Å²) in [6.07, 6.45) is 0. The fraction of sp³-hybridized carbons (Fsp3) is 0.364. The second-order valence-electron chi connectivity index (χ2n) is 3.12. The molecule has 0 aliphatic carbocycles. The Bertz CT molecular complexity index is 297. The van der Waals surface area contributed by atoms with E-state index in [-0.39, 0.29) is 16.7 Å². The van der Waals surface area contributed by atoms with Gasteiger partial charge in [-0.15, -0.1) is 0 Å². The molecule has 1 rings (SSSR count). The largest absolute Gasteiger partial charge is 0.468 e. The maximum absolute atomic E-state index is 11.3. The van der Waals surface area contributed by atoms with Gasteiger partial charge in [-0.1, -0.05) is 53.2 Å². The molecule has 2 atom stereocenters. The Balaban J connectivity index is 2.75. The fourth-order valence-corrected chi connectivity index (χ4v) is 1.73. The smallest absolute Gasteiger partial charge is 0.320 e. The van der Waals surface area contributed by atoms with Crippen LogP contribution in [0.25, 0.3) is 0 Å². The van der Waals surface area contributed by atoms with E-state index in [1.165, 1.54) is 7.11 Å². The molecule has 1 aromatic carbocycles. The van der Waals surface area contributed by atoms with Gasteiger partial charge in [0.05, 0.1) is 7.11 Å². The average Bonchev–Trinajstić information content (AvgIpc) is 2.27. The van der Waals surface area contributed by atoms with Crippen molar-refractivity contribution in [2.75, 3.05) is 7.11 Å². The van der Waals surface area contributed by atoms with Gasteiger partial charge in [0.15, 0.2) is 0 Å². The number of ether oxygens (including phenoxy) is 1. The molecule has 14 heavy (non-hydrogen) atoms. The Labute approximate surface area is 92.4 Å². The zero-order valence-electron chi connectivity index (χ0n) is 8.24. The second kappa shape index (κ2) is 5.15. The molecule has 76 valence electrons. The number of esters is 1. The summed E-state index contributed by atoms with van der Waals surface area (Å²) in [5.41, 5.74) is 1.12. The van der Waals surface area contributed by atoms with E-state index in [1.54, 1.807) is 0 Å². The lowest BCUT2D eigenvalue weighted by atomic mass is 9.98. The number of alkyl halides is 1. The van der Waals surface area contributed by atoms with Gasteiger partial charge in [0.25, 0.3) is 0 Å². The first-order valence-corrected chi connectivity index (χ1v) is 5.35. The Kier molecular flexibility index (Phi) is 4.14. The van der Waals surface area contributed by atoms with Crippen molar-refractivity contribution in [3.63, 3.8) is 0 Å². The van der Waals surface area contributed by atoms with E-state index in [1.807, 2.05) is 37.3 Å². The monoisotopic (exact) mass is 256 g/mol. The summed E-state index contributed by atoms with van der Waals surface area (Å²) in [5, 5.41) is 0. The summed E-state index contributed by atoms with van der Waals surface area (Å²) in [4.78, 5) is 11.0. The number of methoxy groups -OCH3 is 1. The SMILES string of the molecule is COC(=O)C(Br)C(C)c1ccccc1. The maximum atomic E-state index is 11.3. The molecule has 0 saturated heterocycles. The lowest BCUT2D eigenvalue weighted by molar-refractivity contribution is -0.140. The molecule has 0 spiro atoms. The van der Waals surface area contributed by atoms with Crippen LogP contribution in [-0.2, 0) is 9.53 Å². The molecule has 0 amide bonds. The number of rotatable bonds is 3. The van der Waals surface area contributed by atoms with Gasteiger partial charge in [0.2, 0.25) is 0 Å². The van der Waals surface area contributed by atoms with E-state index < -0.39 is 0 Å². The molecule has 1 aromatic rings. The lowest BCUT2D eigenvalue weighted by Gasteiger charge is -2.16. The van der Waals surface area contributed by atoms with Crippen LogP contribution < -0.4 is 0 Å². The minimum Gasteiger partial charge on any atom is -0.468 e. The first kappa shape index (κ1) is 11.2. The number of halogens is 1. The number of hydrogen-bond donors (Lipinski definition) is 0. The molecule has 3 heteroatoms. The van der Waals surface area contributed by atoms with Crippen LogP contribution in [0.1, 0.15) is 18.4 Å². The predicted molar refractivity (Wildman–Crippen MR) is 59.6 cm³/mol. The topological polar surface area (TPSA) is 26.3 Å². The third-order valence-electron chi connectivity index (χ3n) is 2.19. The highest BCUT2D eigenvalue weighted by atomic mass is 79.9. The summed E-state index contributed by atoms with van der Waals surface area (Å²) < 4.78 is 4.67. The van der Waals surface area contributed by atoms with E-state index in [0.29, 0.717) is 0 Å². The number of carbonyl (C=O) groups excluding carboxylic acids is 1. The molecular weight excluding hydrogens is 244 g/mol. The van der Waals surface area contributed by atoms with Crippen molar-refractivity contribution in [1.82, 2.24) is 0 Å². The van der Waals surface area contributed by atoms with Crippen LogP contribution in [0.5, 0.6) is 0 Å². The van der Waals surface area contributed by atoms with Gasteiger partial charge in [-0.05, 0) is 5.56 Å². The molecule has 0 N–H and O–H groups in total. The minimum absolute atomic E-state index is 0.114. The van der Waals surface area contributed by atoms with Crippen LogP contribution >= 0.6 is 15.9 Å². The highest BCUT2D eigenvalue weighted by Gasteiger charge is 2.23. The average molecular weight is 257 g/mol. The van der Waals surface area contributed by atoms with Crippen LogP contribution in [0.3, 0.4) is 0 Å². The van der Waals surface area contributed by atoms with Gasteiger partial charge in [-0.25, -0.2) is 0 Å². The van der Waals surface area contributed by atoms with Crippen LogP contribution in [0.2, 0.25) is 0 Å². The van der Waals surface area contributed by atoms with Crippen molar-refractivity contribution in [2.45, 2.75) is 17.7 Å². The number of benzene rings is 1. The van der Waals surface area contributed by atoms with E-state index in [4.69, 9.17) is 0 Å². The van der Waals surface area contributed by atoms with Crippen LogP contribution in [0, 0.1) is 0 Å². The molecule has 0 saturated carbocycles. The highest BCUT2D eigenvalue weighted by molar-refractivity contribution is 9.10. The van der Waals surface area contributed by atoms with E-state index >= 15 is 0 Å². The Morgan fingerprint density at radius 1 is 1.36 bits per heavy atom. The van der Waals surface area contributed by atoms with Crippen molar-refractivity contribution in [2.24, 2.45) is 0 Å². The Morgan fingerprint density at radius 2 is 1.93 bits per heavy atom. The number of carbonyl (C=O) groups is 1. The zero-order chi connectivity index (χ0) is 10.6. The normalized spacial score (nSPS) is 14.5. The summed E-state index contributed by atoms with van der Waals surface area (Å²) in [7, 11) is 1.40. The van der Waals surface area contributed by atoms with Gasteiger partial charge >= 0.3 is 5.97 Å². The van der Waals surface area contributed by atoms with E-state index in [0.717, 1.165) is 5.56 Å². The van der Waals surface area contributed by atoms with Crippen molar-refractivity contribution in [3.05, 3.63) is 35.9 Å². The first-order valence-electron chi connectivity index (χ1n) is 4.43. The van der Waals surface area contributed by atoms with Crippen molar-refractivity contribution < 1.29 is 9.53 Å². The van der Waals surface area contributed by atoms with E-state index in [2.05, 4.69) is 20.7 Å². The summed E-state index contributed by atoms with van der Waals surface area (Å²) >= 11 is 3.33. The minimum atomic E-state index is -0.283. The predicted octanol–water partition coefficient (Wildman–Crippen LogP) is 2.73. The van der Waals surface area contributed by atoms with Gasteiger partial charge < -0.3 is 4.74 Å². The fourth-order valence-electron chi connectivity index (χ4n) is 1.24.